The van der Waals surface area contributed by atoms with Gasteiger partial charge in [0.2, 0.25) is 0 Å². The molecule has 0 unspecified atom stereocenters. The number of benzene rings is 1. The average Bonchev–Trinajstić information content (AvgIpc) is 2.63. The van der Waals surface area contributed by atoms with E-state index in [1.807, 2.05) is 13.8 Å². The van der Waals surface area contributed by atoms with Crippen LogP contribution < -0.4 is 4.90 Å². The highest BCUT2D eigenvalue weighted by Gasteiger charge is 2.29. The van der Waals surface area contributed by atoms with Crippen LogP contribution in [0.3, 0.4) is 0 Å². The zero-order valence-corrected chi connectivity index (χ0v) is 15.4. The fraction of sp³-hybridized carbons (Fsp3) is 0.632. The summed E-state index contributed by atoms with van der Waals surface area (Å²) in [5.41, 5.74) is 1.00. The van der Waals surface area contributed by atoms with E-state index >= 15 is 0 Å². The van der Waals surface area contributed by atoms with E-state index in [1.165, 1.54) is 6.07 Å². The minimum atomic E-state index is -0.315. The Morgan fingerprint density at radius 1 is 1.24 bits per heavy atom. The van der Waals surface area contributed by atoms with Crippen LogP contribution in [0.25, 0.3) is 0 Å². The Bertz CT molecular complexity index is 617. The van der Waals surface area contributed by atoms with Crippen LogP contribution in [-0.4, -0.2) is 73.7 Å². The normalized spacial score (nSPS) is 25.3. The summed E-state index contributed by atoms with van der Waals surface area (Å²) >= 11 is 0. The number of hydrogen-bond donors (Lipinski definition) is 0. The molecule has 25 heavy (non-hydrogen) atoms. The van der Waals surface area contributed by atoms with E-state index in [0.29, 0.717) is 24.4 Å². The molecule has 1 aromatic carbocycles. The van der Waals surface area contributed by atoms with E-state index in [-0.39, 0.29) is 23.9 Å². The van der Waals surface area contributed by atoms with Crippen molar-refractivity contribution in [2.24, 2.45) is 0 Å². The lowest BCUT2D eigenvalue weighted by molar-refractivity contribution is -0.0387. The number of morpholine rings is 1. The second-order valence-electron chi connectivity index (χ2n) is 7.04. The van der Waals surface area contributed by atoms with E-state index in [2.05, 4.69) is 16.7 Å². The number of piperazine rings is 1. The van der Waals surface area contributed by atoms with Crippen LogP contribution in [0, 0.1) is 5.82 Å². The largest absolute Gasteiger partial charge is 0.375 e. The maximum Gasteiger partial charge on any atom is 0.254 e. The Morgan fingerprint density at radius 2 is 1.96 bits per heavy atom. The number of halogens is 1. The molecule has 2 aliphatic rings. The Balaban J connectivity index is 1.72. The second kappa shape index (κ2) is 7.70. The van der Waals surface area contributed by atoms with Crippen LogP contribution in [0.2, 0.25) is 0 Å². The van der Waals surface area contributed by atoms with Crippen molar-refractivity contribution in [2.45, 2.75) is 32.9 Å². The molecule has 0 radical (unpaired) electrons. The van der Waals surface area contributed by atoms with Gasteiger partial charge in [0.1, 0.15) is 5.82 Å². The lowest BCUT2D eigenvalue weighted by atomic mass is 10.1. The van der Waals surface area contributed by atoms with Gasteiger partial charge in [0.05, 0.1) is 24.4 Å². The summed E-state index contributed by atoms with van der Waals surface area (Å²) in [6.07, 6.45) is 0.0131. The number of carbonyl (C=O) groups is 1. The molecule has 2 atom stereocenters. The lowest BCUT2D eigenvalue weighted by Crippen LogP contribution is -2.50. The molecule has 1 aromatic rings. The zero-order valence-electron chi connectivity index (χ0n) is 15.4. The molecule has 0 aromatic heterocycles. The molecular weight excluding hydrogens is 321 g/mol. The Kier molecular flexibility index (Phi) is 5.59. The van der Waals surface area contributed by atoms with Crippen LogP contribution in [0.5, 0.6) is 0 Å². The molecule has 0 bridgehead atoms. The van der Waals surface area contributed by atoms with Crippen LogP contribution in [-0.2, 0) is 4.74 Å². The summed E-state index contributed by atoms with van der Waals surface area (Å²) in [6, 6.07) is 4.89. The molecule has 0 N–H and O–H groups in total. The van der Waals surface area contributed by atoms with Gasteiger partial charge in [0.25, 0.3) is 5.91 Å². The Morgan fingerprint density at radius 3 is 2.60 bits per heavy atom. The number of nitrogens with zero attached hydrogens (tertiary/aromatic N) is 3. The topological polar surface area (TPSA) is 36.0 Å². The first-order chi connectivity index (χ1) is 12.0. The zero-order chi connectivity index (χ0) is 18.0. The van der Waals surface area contributed by atoms with Gasteiger partial charge in [-0.1, -0.05) is 6.92 Å². The quantitative estimate of drug-likeness (QED) is 0.838. The minimum absolute atomic E-state index is 0.00793. The highest BCUT2D eigenvalue weighted by molar-refractivity contribution is 5.95. The van der Waals surface area contributed by atoms with E-state index in [9.17, 15) is 9.18 Å². The van der Waals surface area contributed by atoms with Gasteiger partial charge in [-0.3, -0.25) is 4.79 Å². The fourth-order valence-electron chi connectivity index (χ4n) is 3.55. The number of hydrogen-bond acceptors (Lipinski definition) is 4. The number of likely N-dealkylation sites (N-methyl/N-ethyl adjacent to an activating group) is 1. The van der Waals surface area contributed by atoms with Gasteiger partial charge in [-0.25, -0.2) is 4.39 Å². The summed E-state index contributed by atoms with van der Waals surface area (Å²) in [4.78, 5) is 19.0. The van der Waals surface area contributed by atoms with Crippen LogP contribution >= 0.6 is 0 Å². The predicted molar refractivity (Wildman–Crippen MR) is 96.6 cm³/mol. The smallest absolute Gasteiger partial charge is 0.254 e. The average molecular weight is 349 g/mol. The molecule has 5 nitrogen and oxygen atoms in total. The highest BCUT2D eigenvalue weighted by atomic mass is 19.1. The maximum atomic E-state index is 14.7. The summed E-state index contributed by atoms with van der Waals surface area (Å²) in [5.74, 6) is -0.436. The molecule has 2 saturated heterocycles. The molecule has 2 heterocycles. The van der Waals surface area contributed by atoms with Crippen molar-refractivity contribution in [3.8, 4) is 0 Å². The van der Waals surface area contributed by atoms with E-state index < -0.39 is 0 Å². The predicted octanol–water partition coefficient (Wildman–Crippen LogP) is 2.22. The van der Waals surface area contributed by atoms with Crippen molar-refractivity contribution < 1.29 is 13.9 Å². The molecule has 2 aliphatic heterocycles. The summed E-state index contributed by atoms with van der Waals surface area (Å²) in [5, 5.41) is 0. The van der Waals surface area contributed by atoms with Crippen LogP contribution in [0.15, 0.2) is 18.2 Å². The van der Waals surface area contributed by atoms with Crippen molar-refractivity contribution in [2.75, 3.05) is 50.8 Å². The van der Waals surface area contributed by atoms with Crippen molar-refractivity contribution in [1.82, 2.24) is 9.80 Å². The van der Waals surface area contributed by atoms with Gasteiger partial charge in [0, 0.05) is 38.3 Å². The van der Waals surface area contributed by atoms with Crippen LogP contribution in [0.4, 0.5) is 10.1 Å². The third kappa shape index (κ3) is 3.96. The molecule has 3 rings (SSSR count). The van der Waals surface area contributed by atoms with Gasteiger partial charge in [-0.15, -0.1) is 0 Å². The Hall–Kier alpha value is -1.66. The van der Waals surface area contributed by atoms with Crippen LogP contribution in [0.1, 0.15) is 31.1 Å². The van der Waals surface area contributed by atoms with Gasteiger partial charge >= 0.3 is 0 Å². The molecule has 0 saturated carbocycles. The van der Waals surface area contributed by atoms with Crippen molar-refractivity contribution in [3.63, 3.8) is 0 Å². The van der Waals surface area contributed by atoms with E-state index in [1.54, 1.807) is 17.0 Å². The minimum Gasteiger partial charge on any atom is -0.375 e. The standard InChI is InChI=1S/C19H28FN3O2/c1-4-21-7-9-22(10-8-21)18-6-5-16(11-17(18)20)19(24)23-12-15(3)25-13-14(23)2/h5-6,11,14-15H,4,7-10,12-13H2,1-3H3/t14-,15-/m1/s1. The lowest BCUT2D eigenvalue weighted by Gasteiger charge is -2.37. The molecular formula is C19H28FN3O2. The second-order valence-corrected chi connectivity index (χ2v) is 7.04. The number of carbonyl (C=O) groups excluding carboxylic acids is 1. The molecule has 2 fully saturated rings. The summed E-state index contributed by atoms with van der Waals surface area (Å²) in [6.45, 7) is 11.7. The van der Waals surface area contributed by atoms with Gasteiger partial charge in [-0.2, -0.15) is 0 Å². The SMILES string of the molecule is CCN1CCN(c2ccc(C(=O)N3C[C@@H](C)OC[C@H]3C)cc2F)CC1. The number of rotatable bonds is 3. The number of ether oxygens (including phenoxy) is 1. The summed E-state index contributed by atoms with van der Waals surface area (Å²) < 4.78 is 20.2. The van der Waals surface area contributed by atoms with Gasteiger partial charge in [-0.05, 0) is 38.6 Å². The Labute approximate surface area is 149 Å². The highest BCUT2D eigenvalue weighted by Crippen LogP contribution is 2.24. The molecule has 1 amide bonds. The monoisotopic (exact) mass is 349 g/mol. The van der Waals surface area contributed by atoms with Crippen molar-refractivity contribution in [1.29, 1.82) is 0 Å². The van der Waals surface area contributed by atoms with Gasteiger partial charge < -0.3 is 19.4 Å². The third-order valence-electron chi connectivity index (χ3n) is 5.22. The number of amides is 1. The molecule has 6 heteroatoms. The fourth-order valence-corrected chi connectivity index (χ4v) is 3.55. The maximum absolute atomic E-state index is 14.7. The van der Waals surface area contributed by atoms with Crippen molar-refractivity contribution in [3.05, 3.63) is 29.6 Å². The molecule has 0 aliphatic carbocycles. The first-order valence-electron chi connectivity index (χ1n) is 9.19. The number of anilines is 1. The first-order valence-corrected chi connectivity index (χ1v) is 9.19. The van der Waals surface area contributed by atoms with E-state index in [4.69, 9.17) is 4.74 Å². The third-order valence-corrected chi connectivity index (χ3v) is 5.22. The molecule has 0 spiro atoms. The molecule has 138 valence electrons. The van der Waals surface area contributed by atoms with E-state index in [0.717, 1.165) is 32.7 Å². The first kappa shape index (κ1) is 18.1. The summed E-state index contributed by atoms with van der Waals surface area (Å²) in [7, 11) is 0. The van der Waals surface area contributed by atoms with Crippen molar-refractivity contribution >= 4 is 11.6 Å². The van der Waals surface area contributed by atoms with Gasteiger partial charge in [0.15, 0.2) is 0 Å².